The number of aryl methyl sites for hydroxylation is 1. The number of amides is 1. The van der Waals surface area contributed by atoms with Crippen LogP contribution in [0.2, 0.25) is 5.02 Å². The Hall–Kier alpha value is -1.89. The fourth-order valence-corrected chi connectivity index (χ4v) is 3.76. The quantitative estimate of drug-likeness (QED) is 0.760. The van der Waals surface area contributed by atoms with E-state index < -0.39 is 10.0 Å². The van der Waals surface area contributed by atoms with E-state index in [9.17, 15) is 13.2 Å². The minimum Gasteiger partial charge on any atom is -0.322 e. The maximum Gasteiger partial charge on any atom is 0.255 e. The summed E-state index contributed by atoms with van der Waals surface area (Å²) in [4.78, 5) is 12.6. The highest BCUT2D eigenvalue weighted by atomic mass is 35.5. The fraction of sp³-hybridized carbons (Fsp3) is 0.316. The van der Waals surface area contributed by atoms with Gasteiger partial charge in [-0.3, -0.25) is 4.79 Å². The standard InChI is InChI=1S/C19H23ClN2O3S/c1-4-5-12-22(3)26(24,25)17-10-7-15(8-11-17)19(23)21-18-13-16(20)9-6-14(18)2/h6-11,13H,4-5,12H2,1-3H3,(H,21,23). The van der Waals surface area contributed by atoms with Crippen LogP contribution in [-0.4, -0.2) is 32.2 Å². The third-order valence-electron chi connectivity index (χ3n) is 4.10. The lowest BCUT2D eigenvalue weighted by atomic mass is 10.1. The van der Waals surface area contributed by atoms with Crippen molar-refractivity contribution in [1.29, 1.82) is 0 Å². The number of halogens is 1. The molecule has 2 aromatic carbocycles. The van der Waals surface area contributed by atoms with Crippen molar-refractivity contribution >= 4 is 33.2 Å². The van der Waals surface area contributed by atoms with Crippen LogP contribution in [-0.2, 0) is 10.0 Å². The Morgan fingerprint density at radius 3 is 2.42 bits per heavy atom. The Morgan fingerprint density at radius 1 is 1.15 bits per heavy atom. The van der Waals surface area contributed by atoms with E-state index in [0.29, 0.717) is 22.8 Å². The molecule has 1 N–H and O–H groups in total. The van der Waals surface area contributed by atoms with Crippen molar-refractivity contribution in [3.63, 3.8) is 0 Å². The number of anilines is 1. The summed E-state index contributed by atoms with van der Waals surface area (Å²) in [5, 5.41) is 3.32. The maximum absolute atomic E-state index is 12.5. The summed E-state index contributed by atoms with van der Waals surface area (Å²) in [7, 11) is -1.98. The van der Waals surface area contributed by atoms with Gasteiger partial charge in [0.05, 0.1) is 4.90 Å². The van der Waals surface area contributed by atoms with Crippen molar-refractivity contribution in [3.05, 3.63) is 58.6 Å². The molecule has 0 aromatic heterocycles. The molecule has 0 saturated carbocycles. The van der Waals surface area contributed by atoms with Crippen LogP contribution in [0, 0.1) is 6.92 Å². The number of carbonyl (C=O) groups excluding carboxylic acids is 1. The summed E-state index contributed by atoms with van der Waals surface area (Å²) >= 11 is 5.96. The number of nitrogens with zero attached hydrogens (tertiary/aromatic N) is 1. The van der Waals surface area contributed by atoms with Crippen LogP contribution < -0.4 is 5.32 Å². The normalized spacial score (nSPS) is 11.6. The van der Waals surface area contributed by atoms with E-state index in [2.05, 4.69) is 5.32 Å². The van der Waals surface area contributed by atoms with Gasteiger partial charge in [-0.25, -0.2) is 12.7 Å². The number of sulfonamides is 1. The maximum atomic E-state index is 12.5. The van der Waals surface area contributed by atoms with Gasteiger partial charge in [0.1, 0.15) is 0 Å². The fourth-order valence-electron chi connectivity index (χ4n) is 2.38. The van der Waals surface area contributed by atoms with Crippen molar-refractivity contribution < 1.29 is 13.2 Å². The predicted octanol–water partition coefficient (Wildman–Crippen LogP) is 4.32. The van der Waals surface area contributed by atoms with Crippen LogP contribution >= 0.6 is 11.6 Å². The topological polar surface area (TPSA) is 66.5 Å². The van der Waals surface area contributed by atoms with Crippen LogP contribution in [0.25, 0.3) is 0 Å². The average molecular weight is 395 g/mol. The van der Waals surface area contributed by atoms with E-state index in [1.165, 1.54) is 28.6 Å². The third kappa shape index (κ3) is 4.84. The highest BCUT2D eigenvalue weighted by Crippen LogP contribution is 2.21. The van der Waals surface area contributed by atoms with E-state index in [-0.39, 0.29) is 10.8 Å². The molecule has 2 rings (SSSR count). The molecular formula is C19H23ClN2O3S. The summed E-state index contributed by atoms with van der Waals surface area (Å²) in [6.45, 7) is 4.35. The summed E-state index contributed by atoms with van der Waals surface area (Å²) in [5.74, 6) is -0.321. The van der Waals surface area contributed by atoms with Crippen LogP contribution in [0.4, 0.5) is 5.69 Å². The van der Waals surface area contributed by atoms with Gasteiger partial charge in [-0.15, -0.1) is 0 Å². The Kier molecular flexibility index (Phi) is 6.81. The zero-order chi connectivity index (χ0) is 19.3. The molecule has 0 spiro atoms. The second-order valence-corrected chi connectivity index (χ2v) is 8.60. The first kappa shape index (κ1) is 20.4. The second-order valence-electron chi connectivity index (χ2n) is 6.12. The molecule has 0 bridgehead atoms. The lowest BCUT2D eigenvalue weighted by Gasteiger charge is -2.17. The summed E-state index contributed by atoms with van der Waals surface area (Å²) in [6.07, 6.45) is 1.72. The number of hydrogen-bond acceptors (Lipinski definition) is 3. The van der Waals surface area contributed by atoms with Crippen molar-refractivity contribution in [3.8, 4) is 0 Å². The summed E-state index contributed by atoms with van der Waals surface area (Å²) < 4.78 is 26.3. The van der Waals surface area contributed by atoms with Gasteiger partial charge < -0.3 is 5.32 Å². The van der Waals surface area contributed by atoms with Gasteiger partial charge >= 0.3 is 0 Å². The van der Waals surface area contributed by atoms with Gasteiger partial charge in [-0.1, -0.05) is 31.0 Å². The van der Waals surface area contributed by atoms with Gasteiger partial charge in [0.15, 0.2) is 0 Å². The number of hydrogen-bond donors (Lipinski definition) is 1. The molecule has 0 unspecified atom stereocenters. The Bertz CT molecular complexity index is 880. The van der Waals surface area contributed by atoms with E-state index in [4.69, 9.17) is 11.6 Å². The molecule has 5 nitrogen and oxygen atoms in total. The molecule has 0 saturated heterocycles. The first-order valence-corrected chi connectivity index (χ1v) is 10.2. The molecule has 0 radical (unpaired) electrons. The SMILES string of the molecule is CCCCN(C)S(=O)(=O)c1ccc(C(=O)Nc2cc(Cl)ccc2C)cc1. The zero-order valence-electron chi connectivity index (χ0n) is 15.1. The first-order valence-electron chi connectivity index (χ1n) is 8.39. The lowest BCUT2D eigenvalue weighted by molar-refractivity contribution is 0.102. The number of unbranched alkanes of at least 4 members (excludes halogenated alkanes) is 1. The average Bonchev–Trinajstić information content (AvgIpc) is 2.62. The Labute approximate surface area is 160 Å². The Morgan fingerprint density at radius 2 is 1.81 bits per heavy atom. The summed E-state index contributed by atoms with van der Waals surface area (Å²) in [6, 6.07) is 11.2. The minimum absolute atomic E-state index is 0.173. The van der Waals surface area contributed by atoms with Crippen LogP contribution in [0.3, 0.4) is 0 Å². The third-order valence-corrected chi connectivity index (χ3v) is 6.21. The molecule has 2 aromatic rings. The van der Waals surface area contributed by atoms with Crippen molar-refractivity contribution in [2.24, 2.45) is 0 Å². The van der Waals surface area contributed by atoms with Gasteiger partial charge in [0.25, 0.3) is 5.91 Å². The van der Waals surface area contributed by atoms with E-state index in [1.54, 1.807) is 19.2 Å². The molecule has 0 aliphatic heterocycles. The minimum atomic E-state index is -3.54. The molecule has 0 aliphatic carbocycles. The highest BCUT2D eigenvalue weighted by molar-refractivity contribution is 7.89. The van der Waals surface area contributed by atoms with Crippen LogP contribution in [0.5, 0.6) is 0 Å². The van der Waals surface area contributed by atoms with Crippen LogP contribution in [0.15, 0.2) is 47.4 Å². The Balaban J connectivity index is 2.16. The zero-order valence-corrected chi connectivity index (χ0v) is 16.7. The largest absolute Gasteiger partial charge is 0.322 e. The van der Waals surface area contributed by atoms with Gasteiger partial charge in [-0.05, 0) is 55.3 Å². The molecule has 0 heterocycles. The molecule has 0 atom stereocenters. The van der Waals surface area contributed by atoms with Gasteiger partial charge in [0.2, 0.25) is 10.0 Å². The molecular weight excluding hydrogens is 372 g/mol. The van der Waals surface area contributed by atoms with Gasteiger partial charge in [0, 0.05) is 29.9 Å². The van der Waals surface area contributed by atoms with E-state index >= 15 is 0 Å². The first-order chi connectivity index (χ1) is 12.3. The highest BCUT2D eigenvalue weighted by Gasteiger charge is 2.20. The molecule has 140 valence electrons. The number of nitrogens with one attached hydrogen (secondary N) is 1. The summed E-state index contributed by atoms with van der Waals surface area (Å²) in [5.41, 5.74) is 1.89. The second kappa shape index (κ2) is 8.66. The lowest BCUT2D eigenvalue weighted by Crippen LogP contribution is -2.28. The molecule has 0 fully saturated rings. The van der Waals surface area contributed by atoms with Gasteiger partial charge in [-0.2, -0.15) is 0 Å². The molecule has 1 amide bonds. The number of benzene rings is 2. The van der Waals surface area contributed by atoms with E-state index in [1.807, 2.05) is 19.9 Å². The van der Waals surface area contributed by atoms with Crippen LogP contribution in [0.1, 0.15) is 35.7 Å². The molecule has 7 heteroatoms. The van der Waals surface area contributed by atoms with E-state index in [0.717, 1.165) is 18.4 Å². The van der Waals surface area contributed by atoms with Crippen molar-refractivity contribution in [2.75, 3.05) is 18.9 Å². The number of rotatable bonds is 7. The molecule has 26 heavy (non-hydrogen) atoms. The smallest absolute Gasteiger partial charge is 0.255 e. The number of carbonyl (C=O) groups is 1. The monoisotopic (exact) mass is 394 g/mol. The predicted molar refractivity (Wildman–Crippen MR) is 105 cm³/mol. The van der Waals surface area contributed by atoms with Crippen molar-refractivity contribution in [2.45, 2.75) is 31.6 Å². The molecule has 0 aliphatic rings. The van der Waals surface area contributed by atoms with Crippen molar-refractivity contribution in [1.82, 2.24) is 4.31 Å².